The molecule has 2 aromatic rings. The van der Waals surface area contributed by atoms with Gasteiger partial charge in [0.25, 0.3) is 5.89 Å². The number of aromatic nitrogens is 2. The van der Waals surface area contributed by atoms with Crippen LogP contribution in [0.1, 0.15) is 5.89 Å². The molecular weight excluding hydrogens is 262 g/mol. The molecule has 0 spiro atoms. The number of morpholine rings is 1. The van der Waals surface area contributed by atoms with Crippen LogP contribution >= 0.6 is 12.2 Å². The summed E-state index contributed by atoms with van der Waals surface area (Å²) in [6.45, 7) is 2.89. The van der Waals surface area contributed by atoms with Gasteiger partial charge in [-0.2, -0.15) is 0 Å². The van der Waals surface area contributed by atoms with E-state index in [0.717, 1.165) is 18.7 Å². The van der Waals surface area contributed by atoms with Gasteiger partial charge in [-0.25, -0.2) is 0 Å². The number of benzene rings is 1. The summed E-state index contributed by atoms with van der Waals surface area (Å²) in [7, 11) is 0. The average Bonchev–Trinajstić information content (AvgIpc) is 2.98. The van der Waals surface area contributed by atoms with Crippen LogP contribution in [0, 0.1) is 0 Å². The summed E-state index contributed by atoms with van der Waals surface area (Å²) in [5, 5.41) is 8.07. The largest absolute Gasteiger partial charge is 0.414 e. The molecule has 0 unspecified atom stereocenters. The summed E-state index contributed by atoms with van der Waals surface area (Å²) in [6, 6.07) is 9.66. The minimum absolute atomic E-state index is 0.399. The van der Waals surface area contributed by atoms with Crippen molar-refractivity contribution in [3.63, 3.8) is 0 Å². The highest BCUT2D eigenvalue weighted by atomic mass is 32.1. The van der Waals surface area contributed by atoms with Crippen LogP contribution in [0.4, 0.5) is 0 Å². The van der Waals surface area contributed by atoms with Gasteiger partial charge in [0.15, 0.2) is 4.99 Å². The van der Waals surface area contributed by atoms with Gasteiger partial charge in [-0.05, 0) is 12.1 Å². The zero-order valence-electron chi connectivity index (χ0n) is 10.3. The molecular formula is C13H13N3O2S. The fourth-order valence-electron chi connectivity index (χ4n) is 1.91. The molecule has 1 saturated heterocycles. The van der Waals surface area contributed by atoms with Gasteiger partial charge in [-0.3, -0.25) is 0 Å². The second-order valence-corrected chi connectivity index (χ2v) is 4.57. The highest BCUT2D eigenvalue weighted by molar-refractivity contribution is 7.80. The summed E-state index contributed by atoms with van der Waals surface area (Å²) in [6.07, 6.45) is 0. The lowest BCUT2D eigenvalue weighted by Crippen LogP contribution is -2.40. The zero-order valence-corrected chi connectivity index (χ0v) is 11.1. The fraction of sp³-hybridized carbons (Fsp3) is 0.308. The maximum atomic E-state index is 5.64. The van der Waals surface area contributed by atoms with Crippen molar-refractivity contribution in [3.05, 3.63) is 36.2 Å². The van der Waals surface area contributed by atoms with E-state index in [-0.39, 0.29) is 0 Å². The normalized spacial score (nSPS) is 15.5. The topological polar surface area (TPSA) is 51.4 Å². The molecule has 0 amide bonds. The molecule has 0 bridgehead atoms. The third-order valence-electron chi connectivity index (χ3n) is 2.93. The molecule has 5 nitrogen and oxygen atoms in total. The van der Waals surface area contributed by atoms with E-state index in [1.54, 1.807) is 0 Å². The standard InChI is InChI=1S/C13H13N3O2S/c19-13(16-6-8-17-9-7-16)12-15-14-11(18-12)10-4-2-1-3-5-10/h1-5H,6-9H2. The van der Waals surface area contributed by atoms with E-state index in [1.165, 1.54) is 0 Å². The molecule has 6 heteroatoms. The second kappa shape index (κ2) is 5.46. The molecule has 0 atom stereocenters. The fourth-order valence-corrected chi connectivity index (χ4v) is 2.17. The Morgan fingerprint density at radius 1 is 1.11 bits per heavy atom. The third-order valence-corrected chi connectivity index (χ3v) is 3.36. The van der Waals surface area contributed by atoms with Crippen molar-refractivity contribution < 1.29 is 9.15 Å². The van der Waals surface area contributed by atoms with Crippen LogP contribution in [-0.2, 0) is 4.74 Å². The van der Waals surface area contributed by atoms with Gasteiger partial charge < -0.3 is 14.1 Å². The summed E-state index contributed by atoms with van der Waals surface area (Å²) in [5.41, 5.74) is 0.894. The van der Waals surface area contributed by atoms with Crippen LogP contribution in [0.3, 0.4) is 0 Å². The van der Waals surface area contributed by atoms with Crippen molar-refractivity contribution in [3.8, 4) is 11.5 Å². The molecule has 98 valence electrons. The summed E-state index contributed by atoms with van der Waals surface area (Å²) in [4.78, 5) is 2.62. The molecule has 0 radical (unpaired) electrons. The molecule has 19 heavy (non-hydrogen) atoms. The first-order valence-corrected chi connectivity index (χ1v) is 6.51. The van der Waals surface area contributed by atoms with Crippen LogP contribution < -0.4 is 0 Å². The van der Waals surface area contributed by atoms with E-state index < -0.39 is 0 Å². The van der Waals surface area contributed by atoms with E-state index in [1.807, 2.05) is 35.2 Å². The van der Waals surface area contributed by atoms with Crippen LogP contribution in [0.2, 0.25) is 0 Å². The zero-order chi connectivity index (χ0) is 13.1. The Morgan fingerprint density at radius 2 is 1.84 bits per heavy atom. The molecule has 1 aromatic carbocycles. The van der Waals surface area contributed by atoms with E-state index in [4.69, 9.17) is 21.4 Å². The predicted octanol–water partition coefficient (Wildman–Crippen LogP) is 1.74. The van der Waals surface area contributed by atoms with Gasteiger partial charge in [0.05, 0.1) is 13.2 Å². The molecule has 1 aliphatic heterocycles. The van der Waals surface area contributed by atoms with E-state index in [0.29, 0.717) is 30.0 Å². The number of rotatable bonds is 2. The van der Waals surface area contributed by atoms with Crippen molar-refractivity contribution >= 4 is 17.2 Å². The maximum absolute atomic E-state index is 5.64. The molecule has 2 heterocycles. The number of hydrogen-bond donors (Lipinski definition) is 0. The minimum atomic E-state index is 0.399. The van der Waals surface area contributed by atoms with Gasteiger partial charge >= 0.3 is 0 Å². The van der Waals surface area contributed by atoms with Crippen molar-refractivity contribution in [2.45, 2.75) is 0 Å². The van der Waals surface area contributed by atoms with Gasteiger partial charge in [-0.1, -0.05) is 30.4 Å². The SMILES string of the molecule is S=C(c1nnc(-c2ccccc2)o1)N1CCOCC1. The van der Waals surface area contributed by atoms with Crippen molar-refractivity contribution in [1.29, 1.82) is 0 Å². The Labute approximate surface area is 116 Å². The number of hydrogen-bond acceptors (Lipinski definition) is 5. The third kappa shape index (κ3) is 2.64. The molecule has 0 aliphatic carbocycles. The van der Waals surface area contributed by atoms with Gasteiger partial charge in [0.1, 0.15) is 0 Å². The number of ether oxygens (including phenoxy) is 1. The lowest BCUT2D eigenvalue weighted by atomic mass is 10.2. The highest BCUT2D eigenvalue weighted by Crippen LogP contribution is 2.18. The number of thiocarbonyl (C=S) groups is 1. The Bertz CT molecular complexity index is 564. The van der Waals surface area contributed by atoms with Crippen LogP contribution in [0.5, 0.6) is 0 Å². The second-order valence-electron chi connectivity index (χ2n) is 4.18. The lowest BCUT2D eigenvalue weighted by molar-refractivity contribution is 0.0687. The number of nitrogens with zero attached hydrogens (tertiary/aromatic N) is 3. The molecule has 1 fully saturated rings. The van der Waals surface area contributed by atoms with Gasteiger partial charge in [0, 0.05) is 18.7 Å². The van der Waals surface area contributed by atoms with E-state index >= 15 is 0 Å². The van der Waals surface area contributed by atoms with Crippen molar-refractivity contribution in [2.75, 3.05) is 26.3 Å². The van der Waals surface area contributed by atoms with Crippen LogP contribution in [-0.4, -0.2) is 46.4 Å². The van der Waals surface area contributed by atoms with Crippen molar-refractivity contribution in [1.82, 2.24) is 15.1 Å². The molecule has 0 N–H and O–H groups in total. The van der Waals surface area contributed by atoms with Crippen molar-refractivity contribution in [2.24, 2.45) is 0 Å². The van der Waals surface area contributed by atoms with Gasteiger partial charge in [0.2, 0.25) is 5.89 Å². The molecule has 1 aliphatic rings. The summed E-state index contributed by atoms with van der Waals surface area (Å²) in [5.74, 6) is 0.891. The minimum Gasteiger partial charge on any atom is -0.414 e. The molecule has 1 aromatic heterocycles. The molecule has 3 rings (SSSR count). The Kier molecular flexibility index (Phi) is 3.52. The summed E-state index contributed by atoms with van der Waals surface area (Å²) >= 11 is 5.38. The van der Waals surface area contributed by atoms with Gasteiger partial charge in [-0.15, -0.1) is 10.2 Å². The quantitative estimate of drug-likeness (QED) is 0.778. The summed E-state index contributed by atoms with van der Waals surface area (Å²) < 4.78 is 10.9. The lowest BCUT2D eigenvalue weighted by Gasteiger charge is -2.27. The van der Waals surface area contributed by atoms with E-state index in [2.05, 4.69) is 10.2 Å². The van der Waals surface area contributed by atoms with Crippen LogP contribution in [0.15, 0.2) is 34.7 Å². The first-order chi connectivity index (χ1) is 9.34. The van der Waals surface area contributed by atoms with Crippen LogP contribution in [0.25, 0.3) is 11.5 Å². The molecule has 0 saturated carbocycles. The Morgan fingerprint density at radius 3 is 2.58 bits per heavy atom. The monoisotopic (exact) mass is 275 g/mol. The van der Waals surface area contributed by atoms with E-state index in [9.17, 15) is 0 Å². The first-order valence-electron chi connectivity index (χ1n) is 6.10. The average molecular weight is 275 g/mol. The first kappa shape index (κ1) is 12.3. The highest BCUT2D eigenvalue weighted by Gasteiger charge is 2.20. The Balaban J connectivity index is 1.79. The smallest absolute Gasteiger partial charge is 0.275 e. The Hall–Kier alpha value is -1.79. The maximum Gasteiger partial charge on any atom is 0.275 e. The predicted molar refractivity (Wildman–Crippen MR) is 73.8 cm³/mol.